The van der Waals surface area contributed by atoms with Crippen molar-refractivity contribution in [2.24, 2.45) is 5.73 Å². The molecule has 0 saturated carbocycles. The molecule has 0 amide bonds. The van der Waals surface area contributed by atoms with E-state index in [-0.39, 0.29) is 0 Å². The molecule has 1 unspecified atom stereocenters. The van der Waals surface area contributed by atoms with E-state index in [2.05, 4.69) is 0 Å². The maximum Gasteiger partial charge on any atom is 0.131 e. The van der Waals surface area contributed by atoms with E-state index in [0.29, 0.717) is 10.1 Å². The average molecular weight is 213 g/mol. The second kappa shape index (κ2) is 5.21. The summed E-state index contributed by atoms with van der Waals surface area (Å²) in [4.78, 5) is 0. The molecule has 0 heterocycles. The van der Waals surface area contributed by atoms with Crippen LogP contribution in [0.5, 0.6) is 0 Å². The van der Waals surface area contributed by atoms with Gasteiger partial charge < -0.3 is 10.8 Å². The molecular formula is C9H11NOS2. The van der Waals surface area contributed by atoms with Gasteiger partial charge in [-0.05, 0) is 5.56 Å². The van der Waals surface area contributed by atoms with Gasteiger partial charge in [-0.25, -0.2) is 0 Å². The average Bonchev–Trinajstić information content (AvgIpc) is 2.15. The van der Waals surface area contributed by atoms with Crippen LogP contribution in [0.1, 0.15) is 11.7 Å². The number of rotatable bonds is 3. The molecule has 1 aromatic rings. The highest BCUT2D eigenvalue weighted by Crippen LogP contribution is 2.17. The molecule has 1 rings (SSSR count). The molecule has 0 aliphatic carbocycles. The van der Waals surface area contributed by atoms with E-state index >= 15 is 0 Å². The Balaban J connectivity index is 2.49. The van der Waals surface area contributed by atoms with Crippen LogP contribution in [-0.2, 0) is 0 Å². The SMILES string of the molecule is NC(=S)SCC(O)c1ccccc1. The fourth-order valence-corrected chi connectivity index (χ4v) is 1.65. The molecule has 1 atom stereocenters. The summed E-state index contributed by atoms with van der Waals surface area (Å²) in [6, 6.07) is 9.46. The van der Waals surface area contributed by atoms with E-state index in [1.165, 1.54) is 11.8 Å². The van der Waals surface area contributed by atoms with E-state index in [1.807, 2.05) is 30.3 Å². The minimum absolute atomic E-state index is 0.370. The van der Waals surface area contributed by atoms with Gasteiger partial charge in [0, 0.05) is 5.75 Å². The molecule has 1 aromatic carbocycles. The predicted molar refractivity (Wildman–Crippen MR) is 60.6 cm³/mol. The number of nitrogens with two attached hydrogens (primary N) is 1. The smallest absolute Gasteiger partial charge is 0.131 e. The van der Waals surface area contributed by atoms with E-state index in [1.54, 1.807) is 0 Å². The molecule has 0 fully saturated rings. The van der Waals surface area contributed by atoms with Crippen LogP contribution in [0.25, 0.3) is 0 Å². The lowest BCUT2D eigenvalue weighted by Gasteiger charge is -2.08. The zero-order valence-corrected chi connectivity index (χ0v) is 8.65. The van der Waals surface area contributed by atoms with Crippen LogP contribution in [0, 0.1) is 0 Å². The molecule has 13 heavy (non-hydrogen) atoms. The molecule has 0 radical (unpaired) electrons. The Labute approximate surface area is 87.1 Å². The van der Waals surface area contributed by atoms with Crippen molar-refractivity contribution in [1.29, 1.82) is 0 Å². The summed E-state index contributed by atoms with van der Waals surface area (Å²) in [5.74, 6) is 0.513. The van der Waals surface area contributed by atoms with Gasteiger partial charge in [0.1, 0.15) is 4.32 Å². The van der Waals surface area contributed by atoms with Gasteiger partial charge in [-0.2, -0.15) is 0 Å². The van der Waals surface area contributed by atoms with Crippen molar-refractivity contribution in [2.75, 3.05) is 5.75 Å². The molecule has 0 bridgehead atoms. The largest absolute Gasteiger partial charge is 0.388 e. The van der Waals surface area contributed by atoms with Crippen molar-refractivity contribution in [3.05, 3.63) is 35.9 Å². The maximum absolute atomic E-state index is 9.63. The molecule has 2 nitrogen and oxygen atoms in total. The Morgan fingerprint density at radius 2 is 2.08 bits per heavy atom. The molecule has 0 aromatic heterocycles. The molecule has 0 spiro atoms. The van der Waals surface area contributed by atoms with Gasteiger partial charge in [0.05, 0.1) is 6.10 Å². The van der Waals surface area contributed by atoms with Gasteiger partial charge in [0.2, 0.25) is 0 Å². The van der Waals surface area contributed by atoms with Gasteiger partial charge in [-0.1, -0.05) is 54.3 Å². The molecular weight excluding hydrogens is 202 g/mol. The minimum Gasteiger partial charge on any atom is -0.388 e. The first-order chi connectivity index (χ1) is 6.20. The normalized spacial score (nSPS) is 12.4. The number of aliphatic hydroxyl groups excluding tert-OH is 1. The number of hydrogen-bond donors (Lipinski definition) is 2. The van der Waals surface area contributed by atoms with Gasteiger partial charge in [-0.15, -0.1) is 0 Å². The summed E-state index contributed by atoms with van der Waals surface area (Å²) in [5, 5.41) is 9.63. The van der Waals surface area contributed by atoms with E-state index in [4.69, 9.17) is 18.0 Å². The van der Waals surface area contributed by atoms with E-state index in [9.17, 15) is 5.11 Å². The summed E-state index contributed by atoms with van der Waals surface area (Å²) in [7, 11) is 0. The van der Waals surface area contributed by atoms with Crippen LogP contribution < -0.4 is 5.73 Å². The molecule has 3 N–H and O–H groups in total. The Morgan fingerprint density at radius 1 is 1.46 bits per heavy atom. The third kappa shape index (κ3) is 3.76. The van der Waals surface area contributed by atoms with Crippen LogP contribution in [-0.4, -0.2) is 15.2 Å². The highest BCUT2D eigenvalue weighted by atomic mass is 32.2. The van der Waals surface area contributed by atoms with Crippen molar-refractivity contribution in [3.8, 4) is 0 Å². The Bertz CT molecular complexity index is 276. The van der Waals surface area contributed by atoms with Crippen LogP contribution in [0.3, 0.4) is 0 Å². The van der Waals surface area contributed by atoms with Crippen LogP contribution in [0.4, 0.5) is 0 Å². The standard InChI is InChI=1S/C9H11NOS2/c10-9(12)13-6-8(11)7-4-2-1-3-5-7/h1-5,8,11H,6H2,(H2,10,12). The third-order valence-corrected chi connectivity index (χ3v) is 2.69. The first-order valence-corrected chi connectivity index (χ1v) is 5.25. The lowest BCUT2D eigenvalue weighted by Crippen LogP contribution is -2.07. The zero-order chi connectivity index (χ0) is 9.68. The monoisotopic (exact) mass is 213 g/mol. The summed E-state index contributed by atoms with van der Waals surface area (Å²) in [5.41, 5.74) is 6.20. The Hall–Kier alpha value is -0.580. The third-order valence-electron chi connectivity index (χ3n) is 1.57. The summed E-state index contributed by atoms with van der Waals surface area (Å²) in [6.45, 7) is 0. The quantitative estimate of drug-likeness (QED) is 0.750. The number of aliphatic hydroxyl groups is 1. The molecule has 0 aliphatic heterocycles. The Kier molecular flexibility index (Phi) is 4.21. The van der Waals surface area contributed by atoms with Gasteiger partial charge in [0.15, 0.2) is 0 Å². The van der Waals surface area contributed by atoms with Crippen molar-refractivity contribution in [3.63, 3.8) is 0 Å². The van der Waals surface area contributed by atoms with Gasteiger partial charge >= 0.3 is 0 Å². The summed E-state index contributed by atoms with van der Waals surface area (Å²) >= 11 is 5.99. The second-order valence-electron chi connectivity index (χ2n) is 2.56. The van der Waals surface area contributed by atoms with Crippen LogP contribution >= 0.6 is 24.0 Å². The topological polar surface area (TPSA) is 46.2 Å². The van der Waals surface area contributed by atoms with E-state index < -0.39 is 6.10 Å². The van der Waals surface area contributed by atoms with Crippen LogP contribution in [0.15, 0.2) is 30.3 Å². The maximum atomic E-state index is 9.63. The van der Waals surface area contributed by atoms with Gasteiger partial charge in [0.25, 0.3) is 0 Å². The lowest BCUT2D eigenvalue weighted by atomic mass is 10.1. The molecule has 4 heteroatoms. The second-order valence-corrected chi connectivity index (χ2v) is 4.32. The first-order valence-electron chi connectivity index (χ1n) is 3.85. The highest BCUT2D eigenvalue weighted by Gasteiger charge is 2.06. The van der Waals surface area contributed by atoms with Crippen molar-refractivity contribution >= 4 is 28.3 Å². The summed E-state index contributed by atoms with van der Waals surface area (Å²) in [6.07, 6.45) is -0.493. The first kappa shape index (κ1) is 10.5. The number of benzene rings is 1. The van der Waals surface area contributed by atoms with Gasteiger partial charge in [-0.3, -0.25) is 0 Å². The molecule has 0 aliphatic rings. The lowest BCUT2D eigenvalue weighted by molar-refractivity contribution is 0.204. The number of thiocarbonyl (C=S) groups is 1. The molecule has 0 saturated heterocycles. The fraction of sp³-hybridized carbons (Fsp3) is 0.222. The fourth-order valence-electron chi connectivity index (χ4n) is 0.932. The van der Waals surface area contributed by atoms with Crippen molar-refractivity contribution in [1.82, 2.24) is 0 Å². The minimum atomic E-state index is -0.493. The number of hydrogen-bond acceptors (Lipinski definition) is 3. The summed E-state index contributed by atoms with van der Waals surface area (Å²) < 4.78 is 0.370. The van der Waals surface area contributed by atoms with Crippen LogP contribution in [0.2, 0.25) is 0 Å². The van der Waals surface area contributed by atoms with Crippen molar-refractivity contribution in [2.45, 2.75) is 6.10 Å². The molecule has 70 valence electrons. The van der Waals surface area contributed by atoms with E-state index in [0.717, 1.165) is 5.56 Å². The zero-order valence-electron chi connectivity index (χ0n) is 7.01. The predicted octanol–water partition coefficient (Wildman–Crippen LogP) is 1.70. The van der Waals surface area contributed by atoms with Crippen molar-refractivity contribution < 1.29 is 5.11 Å². The Morgan fingerprint density at radius 3 is 2.62 bits per heavy atom. The highest BCUT2D eigenvalue weighted by molar-refractivity contribution is 8.22. The number of thioether (sulfide) groups is 1.